The van der Waals surface area contributed by atoms with Crippen molar-refractivity contribution in [3.63, 3.8) is 0 Å². The standard InChI is InChI=1S/C23H30N4O5/c1-30-20-9-8-18(16-21(20)31-2)23(29)25-24-22(28)17-27-12-10-26(11-13-27)14-15-32-19-6-4-3-5-7-19/h3-9,16H,10-15,17H2,1-2H3,(H,24,28)(H,25,29). The van der Waals surface area contributed by atoms with Crippen LogP contribution in [-0.4, -0.2) is 81.7 Å². The number of methoxy groups -OCH3 is 2. The van der Waals surface area contributed by atoms with Crippen LogP contribution in [-0.2, 0) is 4.79 Å². The molecule has 2 aromatic rings. The Balaban J connectivity index is 1.34. The molecule has 9 nitrogen and oxygen atoms in total. The summed E-state index contributed by atoms with van der Waals surface area (Å²) >= 11 is 0. The average molecular weight is 443 g/mol. The van der Waals surface area contributed by atoms with Crippen LogP contribution in [0.1, 0.15) is 10.4 Å². The fourth-order valence-electron chi connectivity index (χ4n) is 3.40. The Morgan fingerprint density at radius 1 is 0.875 bits per heavy atom. The van der Waals surface area contributed by atoms with E-state index in [-0.39, 0.29) is 12.5 Å². The molecule has 172 valence electrons. The molecule has 1 aliphatic rings. The molecule has 0 spiro atoms. The molecule has 1 aliphatic heterocycles. The molecule has 2 aromatic carbocycles. The highest BCUT2D eigenvalue weighted by atomic mass is 16.5. The smallest absolute Gasteiger partial charge is 0.269 e. The van der Waals surface area contributed by atoms with Gasteiger partial charge in [0.15, 0.2) is 11.5 Å². The van der Waals surface area contributed by atoms with E-state index >= 15 is 0 Å². The van der Waals surface area contributed by atoms with Gasteiger partial charge in [0, 0.05) is 38.3 Å². The van der Waals surface area contributed by atoms with Crippen molar-refractivity contribution in [3.8, 4) is 17.2 Å². The van der Waals surface area contributed by atoms with E-state index in [1.54, 1.807) is 18.2 Å². The highest BCUT2D eigenvalue weighted by Gasteiger charge is 2.19. The SMILES string of the molecule is COc1ccc(C(=O)NNC(=O)CN2CCN(CCOc3ccccc3)CC2)cc1OC. The number of hydrazine groups is 1. The molecule has 0 aromatic heterocycles. The summed E-state index contributed by atoms with van der Waals surface area (Å²) < 4.78 is 16.1. The molecule has 1 saturated heterocycles. The quantitative estimate of drug-likeness (QED) is 0.563. The molecule has 0 unspecified atom stereocenters. The average Bonchev–Trinajstić information content (AvgIpc) is 2.83. The molecule has 1 heterocycles. The van der Waals surface area contributed by atoms with Crippen LogP contribution in [0.5, 0.6) is 17.2 Å². The Morgan fingerprint density at radius 2 is 1.56 bits per heavy atom. The summed E-state index contributed by atoms with van der Waals surface area (Å²) in [6.07, 6.45) is 0. The van der Waals surface area contributed by atoms with Crippen LogP contribution in [0.3, 0.4) is 0 Å². The van der Waals surface area contributed by atoms with E-state index in [1.165, 1.54) is 14.2 Å². The molecule has 0 saturated carbocycles. The lowest BCUT2D eigenvalue weighted by atomic mass is 10.2. The zero-order chi connectivity index (χ0) is 22.8. The number of ether oxygens (including phenoxy) is 3. The minimum atomic E-state index is -0.428. The van der Waals surface area contributed by atoms with Gasteiger partial charge in [-0.1, -0.05) is 18.2 Å². The largest absolute Gasteiger partial charge is 0.493 e. The summed E-state index contributed by atoms with van der Waals surface area (Å²) in [5.74, 6) is 1.15. The first-order valence-corrected chi connectivity index (χ1v) is 10.5. The number of benzene rings is 2. The first kappa shape index (κ1) is 23.4. The van der Waals surface area contributed by atoms with Gasteiger partial charge in [0.1, 0.15) is 12.4 Å². The van der Waals surface area contributed by atoms with E-state index in [0.29, 0.717) is 23.7 Å². The highest BCUT2D eigenvalue weighted by Crippen LogP contribution is 2.27. The summed E-state index contributed by atoms with van der Waals surface area (Å²) in [6.45, 7) is 4.99. The number of rotatable bonds is 9. The van der Waals surface area contributed by atoms with Crippen LogP contribution in [0, 0.1) is 0 Å². The Morgan fingerprint density at radius 3 is 2.25 bits per heavy atom. The van der Waals surface area contributed by atoms with Crippen molar-refractivity contribution in [2.24, 2.45) is 0 Å². The molecule has 2 amide bonds. The summed E-state index contributed by atoms with van der Waals surface area (Å²) in [5.41, 5.74) is 5.27. The molecule has 9 heteroatoms. The normalized spacial score (nSPS) is 14.4. The number of piperazine rings is 1. The van der Waals surface area contributed by atoms with E-state index in [2.05, 4.69) is 20.7 Å². The van der Waals surface area contributed by atoms with Gasteiger partial charge < -0.3 is 14.2 Å². The molecule has 3 rings (SSSR count). The molecule has 0 radical (unpaired) electrons. The van der Waals surface area contributed by atoms with Crippen LogP contribution in [0.4, 0.5) is 0 Å². The zero-order valence-corrected chi connectivity index (χ0v) is 18.5. The highest BCUT2D eigenvalue weighted by molar-refractivity contribution is 5.96. The maximum atomic E-state index is 12.3. The fraction of sp³-hybridized carbons (Fsp3) is 0.391. The summed E-state index contributed by atoms with van der Waals surface area (Å²) in [4.78, 5) is 28.9. The van der Waals surface area contributed by atoms with E-state index in [9.17, 15) is 9.59 Å². The van der Waals surface area contributed by atoms with Gasteiger partial charge in [0.05, 0.1) is 20.8 Å². The maximum Gasteiger partial charge on any atom is 0.269 e. The molecule has 2 N–H and O–H groups in total. The molecule has 1 fully saturated rings. The second kappa shape index (κ2) is 11.9. The molecular weight excluding hydrogens is 412 g/mol. The van der Waals surface area contributed by atoms with Gasteiger partial charge in [-0.25, -0.2) is 0 Å². The molecule has 0 atom stereocenters. The van der Waals surface area contributed by atoms with Gasteiger partial charge in [-0.15, -0.1) is 0 Å². The zero-order valence-electron chi connectivity index (χ0n) is 18.5. The number of nitrogens with zero attached hydrogens (tertiary/aromatic N) is 2. The lowest BCUT2D eigenvalue weighted by molar-refractivity contribution is -0.123. The third kappa shape index (κ3) is 6.86. The second-order valence-electron chi connectivity index (χ2n) is 7.35. The van der Waals surface area contributed by atoms with Crippen molar-refractivity contribution >= 4 is 11.8 Å². The number of hydrogen-bond donors (Lipinski definition) is 2. The number of carbonyl (C=O) groups is 2. The topological polar surface area (TPSA) is 92.4 Å². The molecule has 32 heavy (non-hydrogen) atoms. The van der Waals surface area contributed by atoms with Crippen molar-refractivity contribution in [3.05, 3.63) is 54.1 Å². The van der Waals surface area contributed by atoms with Gasteiger partial charge >= 0.3 is 0 Å². The molecular formula is C23H30N4O5. The van der Waals surface area contributed by atoms with Gasteiger partial charge in [-0.3, -0.25) is 30.2 Å². The molecule has 0 bridgehead atoms. The predicted octanol–water partition coefficient (Wildman–Crippen LogP) is 1.16. The predicted molar refractivity (Wildman–Crippen MR) is 120 cm³/mol. The van der Waals surface area contributed by atoms with Crippen molar-refractivity contribution in [1.29, 1.82) is 0 Å². The first-order valence-electron chi connectivity index (χ1n) is 10.5. The van der Waals surface area contributed by atoms with Crippen LogP contribution < -0.4 is 25.1 Å². The van der Waals surface area contributed by atoms with Crippen molar-refractivity contribution in [1.82, 2.24) is 20.7 Å². The van der Waals surface area contributed by atoms with Crippen LogP contribution in [0.15, 0.2) is 48.5 Å². The van der Waals surface area contributed by atoms with E-state index in [1.807, 2.05) is 30.3 Å². The van der Waals surface area contributed by atoms with E-state index < -0.39 is 5.91 Å². The minimum Gasteiger partial charge on any atom is -0.493 e. The summed E-state index contributed by atoms with van der Waals surface area (Å²) in [6, 6.07) is 14.6. The number of amides is 2. The van der Waals surface area contributed by atoms with Crippen LogP contribution in [0.2, 0.25) is 0 Å². The third-order valence-electron chi connectivity index (χ3n) is 5.21. The maximum absolute atomic E-state index is 12.3. The molecule has 0 aliphatic carbocycles. The van der Waals surface area contributed by atoms with Crippen molar-refractivity contribution in [2.45, 2.75) is 0 Å². The van der Waals surface area contributed by atoms with Gasteiger partial charge in [0.2, 0.25) is 0 Å². The Kier molecular flexibility index (Phi) is 8.70. The summed E-state index contributed by atoms with van der Waals surface area (Å²) in [7, 11) is 3.02. The first-order chi connectivity index (χ1) is 15.6. The number of carbonyl (C=O) groups excluding carboxylic acids is 2. The number of para-hydroxylation sites is 1. The number of nitrogens with one attached hydrogen (secondary N) is 2. The summed E-state index contributed by atoms with van der Waals surface area (Å²) in [5, 5.41) is 0. The minimum absolute atomic E-state index is 0.223. The lowest BCUT2D eigenvalue weighted by Crippen LogP contribution is -2.52. The lowest BCUT2D eigenvalue weighted by Gasteiger charge is -2.34. The fourth-order valence-corrected chi connectivity index (χ4v) is 3.40. The monoisotopic (exact) mass is 442 g/mol. The van der Waals surface area contributed by atoms with E-state index in [4.69, 9.17) is 14.2 Å². The Labute approximate surface area is 188 Å². The van der Waals surface area contributed by atoms with Crippen LogP contribution in [0.25, 0.3) is 0 Å². The van der Waals surface area contributed by atoms with E-state index in [0.717, 1.165) is 38.5 Å². The van der Waals surface area contributed by atoms with Crippen LogP contribution >= 0.6 is 0 Å². The van der Waals surface area contributed by atoms with Gasteiger partial charge in [-0.05, 0) is 30.3 Å². The Bertz CT molecular complexity index is 885. The second-order valence-corrected chi connectivity index (χ2v) is 7.35. The van der Waals surface area contributed by atoms with Gasteiger partial charge in [0.25, 0.3) is 11.8 Å². The van der Waals surface area contributed by atoms with Crippen molar-refractivity contribution in [2.75, 3.05) is 60.1 Å². The Hall–Kier alpha value is -3.30. The number of hydrogen-bond acceptors (Lipinski definition) is 7. The third-order valence-corrected chi connectivity index (χ3v) is 5.21. The van der Waals surface area contributed by atoms with Gasteiger partial charge in [-0.2, -0.15) is 0 Å². The van der Waals surface area contributed by atoms with Crippen molar-refractivity contribution < 1.29 is 23.8 Å².